The molecule has 0 unspecified atom stereocenters. The van der Waals surface area contributed by atoms with Crippen molar-refractivity contribution in [2.24, 2.45) is 10.1 Å². The molecule has 0 fully saturated rings. The van der Waals surface area contributed by atoms with E-state index in [2.05, 4.69) is 18.2 Å². The van der Waals surface area contributed by atoms with Gasteiger partial charge in [-0.2, -0.15) is 5.10 Å². The first kappa shape index (κ1) is 21.5. The topological polar surface area (TPSA) is 29.6 Å². The Kier molecular flexibility index (Phi) is 6.37. The molecule has 3 nitrogen and oxygen atoms in total. The minimum absolute atomic E-state index is 0.290. The highest BCUT2D eigenvalue weighted by Crippen LogP contribution is 2.28. The van der Waals surface area contributed by atoms with Crippen molar-refractivity contribution < 1.29 is 4.39 Å². The van der Waals surface area contributed by atoms with E-state index in [1.54, 1.807) is 35.0 Å². The summed E-state index contributed by atoms with van der Waals surface area (Å²) in [6.07, 6.45) is 1.81. The van der Waals surface area contributed by atoms with Gasteiger partial charge in [0.15, 0.2) is 0 Å². The second kappa shape index (κ2) is 9.18. The van der Waals surface area contributed by atoms with Gasteiger partial charge in [0.2, 0.25) is 4.80 Å². The largest absolute Gasteiger partial charge is 0.218 e. The molecule has 4 rings (SSSR count). The lowest BCUT2D eigenvalue weighted by molar-refractivity contribution is 0.628. The van der Waals surface area contributed by atoms with Crippen LogP contribution < -0.4 is 4.80 Å². The third-order valence-corrected chi connectivity index (χ3v) is 6.05. The Morgan fingerprint density at radius 3 is 2.48 bits per heavy atom. The van der Waals surface area contributed by atoms with E-state index < -0.39 is 0 Å². The highest BCUT2D eigenvalue weighted by molar-refractivity contribution is 7.07. The van der Waals surface area contributed by atoms with Gasteiger partial charge in [-0.05, 0) is 67.4 Å². The maximum atomic E-state index is 13.4. The number of aromatic nitrogens is 1. The van der Waals surface area contributed by atoms with Gasteiger partial charge < -0.3 is 0 Å². The fourth-order valence-electron chi connectivity index (χ4n) is 3.00. The lowest BCUT2D eigenvalue weighted by Crippen LogP contribution is -2.11. The van der Waals surface area contributed by atoms with Crippen LogP contribution in [0, 0.1) is 19.7 Å². The summed E-state index contributed by atoms with van der Waals surface area (Å²) in [6.45, 7) is 4.08. The zero-order chi connectivity index (χ0) is 22.0. The average Bonchev–Trinajstić information content (AvgIpc) is 3.13. The maximum Gasteiger partial charge on any atom is 0.211 e. The van der Waals surface area contributed by atoms with Crippen LogP contribution in [0.4, 0.5) is 10.1 Å². The first-order chi connectivity index (χ1) is 14.9. The summed E-state index contributed by atoms with van der Waals surface area (Å²) in [6, 6.07) is 17.7. The first-order valence-electron chi connectivity index (χ1n) is 9.48. The standard InChI is InChI=1S/C24H18Cl2FN3S/c1-15-3-4-16(2)18(11-15)13-28-30-23(17-5-8-20(27)9-6-17)14-31-24(30)29-22-10-7-19(25)12-21(22)26/h3-14H,1-2H3. The van der Waals surface area contributed by atoms with Crippen molar-refractivity contribution in [3.63, 3.8) is 0 Å². The molecule has 4 aromatic rings. The number of aryl methyl sites for hydroxylation is 2. The van der Waals surface area contributed by atoms with E-state index in [9.17, 15) is 4.39 Å². The normalized spacial score (nSPS) is 12.1. The Bertz CT molecular complexity index is 1340. The molecule has 0 aliphatic carbocycles. The quantitative estimate of drug-likeness (QED) is 0.278. The van der Waals surface area contributed by atoms with Crippen LogP contribution in [0.15, 0.2) is 76.1 Å². The Hall–Kier alpha value is -2.73. The van der Waals surface area contributed by atoms with E-state index >= 15 is 0 Å². The van der Waals surface area contributed by atoms with Gasteiger partial charge in [-0.1, -0.05) is 47.0 Å². The molecule has 0 aliphatic heterocycles. The molecule has 0 saturated heterocycles. The molecule has 3 aromatic carbocycles. The predicted octanol–water partition coefficient (Wildman–Crippen LogP) is 7.39. The van der Waals surface area contributed by atoms with Gasteiger partial charge in [0.25, 0.3) is 0 Å². The number of thiazole rings is 1. The molecule has 0 aliphatic rings. The number of nitrogens with zero attached hydrogens (tertiary/aromatic N) is 3. The number of hydrogen-bond acceptors (Lipinski definition) is 3. The van der Waals surface area contributed by atoms with Crippen molar-refractivity contribution in [3.8, 4) is 11.3 Å². The smallest absolute Gasteiger partial charge is 0.211 e. The van der Waals surface area contributed by atoms with Crippen molar-refractivity contribution in [1.29, 1.82) is 0 Å². The van der Waals surface area contributed by atoms with Gasteiger partial charge in [-0.15, -0.1) is 11.3 Å². The minimum Gasteiger partial charge on any atom is -0.218 e. The fourth-order valence-corrected chi connectivity index (χ4v) is 4.30. The van der Waals surface area contributed by atoms with Crippen LogP contribution in [0.5, 0.6) is 0 Å². The molecule has 0 N–H and O–H groups in total. The molecule has 0 radical (unpaired) electrons. The Morgan fingerprint density at radius 1 is 0.968 bits per heavy atom. The average molecular weight is 470 g/mol. The van der Waals surface area contributed by atoms with Crippen LogP contribution in [0.2, 0.25) is 10.0 Å². The van der Waals surface area contributed by atoms with Crippen molar-refractivity contribution in [2.45, 2.75) is 13.8 Å². The highest BCUT2D eigenvalue weighted by Gasteiger charge is 2.09. The van der Waals surface area contributed by atoms with Crippen molar-refractivity contribution in [2.75, 3.05) is 0 Å². The Balaban J connectivity index is 1.88. The molecule has 0 bridgehead atoms. The van der Waals surface area contributed by atoms with Gasteiger partial charge in [0.1, 0.15) is 5.82 Å². The summed E-state index contributed by atoms with van der Waals surface area (Å²) >= 11 is 13.8. The van der Waals surface area contributed by atoms with Crippen LogP contribution in [-0.2, 0) is 0 Å². The van der Waals surface area contributed by atoms with Crippen molar-refractivity contribution >= 4 is 46.4 Å². The Morgan fingerprint density at radius 2 is 1.74 bits per heavy atom. The van der Waals surface area contributed by atoms with Crippen molar-refractivity contribution in [1.82, 2.24) is 4.68 Å². The zero-order valence-corrected chi connectivity index (χ0v) is 19.1. The van der Waals surface area contributed by atoms with Crippen LogP contribution in [-0.4, -0.2) is 10.9 Å². The first-order valence-corrected chi connectivity index (χ1v) is 11.1. The second-order valence-electron chi connectivity index (χ2n) is 7.03. The maximum absolute atomic E-state index is 13.4. The molecule has 0 amide bonds. The molecule has 156 valence electrons. The van der Waals surface area contributed by atoms with Crippen LogP contribution in [0.1, 0.15) is 16.7 Å². The summed E-state index contributed by atoms with van der Waals surface area (Å²) < 4.78 is 15.2. The van der Waals surface area contributed by atoms with E-state index in [-0.39, 0.29) is 5.82 Å². The molecular weight excluding hydrogens is 452 g/mol. The van der Waals surface area contributed by atoms with Crippen molar-refractivity contribution in [3.05, 3.63) is 103 Å². The summed E-state index contributed by atoms with van der Waals surface area (Å²) in [5, 5.41) is 7.66. The molecule has 1 heterocycles. The molecule has 31 heavy (non-hydrogen) atoms. The predicted molar refractivity (Wildman–Crippen MR) is 128 cm³/mol. The number of halogens is 3. The molecule has 0 spiro atoms. The van der Waals surface area contributed by atoms with Gasteiger partial charge in [-0.25, -0.2) is 14.1 Å². The molecule has 0 atom stereocenters. The fraction of sp³-hybridized carbons (Fsp3) is 0.0833. The molecule has 1 aromatic heterocycles. The molecule has 0 saturated carbocycles. The van der Waals surface area contributed by atoms with Crippen LogP contribution >= 0.6 is 34.5 Å². The number of hydrogen-bond donors (Lipinski definition) is 0. The van der Waals surface area contributed by atoms with E-state index in [1.165, 1.54) is 23.5 Å². The van der Waals surface area contributed by atoms with Gasteiger partial charge >= 0.3 is 0 Å². The van der Waals surface area contributed by atoms with Gasteiger partial charge in [0.05, 0.1) is 22.6 Å². The van der Waals surface area contributed by atoms with E-state index in [0.29, 0.717) is 20.5 Å². The minimum atomic E-state index is -0.290. The highest BCUT2D eigenvalue weighted by atomic mass is 35.5. The third-order valence-electron chi connectivity index (χ3n) is 4.70. The van der Waals surface area contributed by atoms with Crippen LogP contribution in [0.25, 0.3) is 11.3 Å². The summed E-state index contributed by atoms with van der Waals surface area (Å²) in [5.74, 6) is -0.290. The second-order valence-corrected chi connectivity index (χ2v) is 8.71. The van der Waals surface area contributed by atoms with E-state index in [4.69, 9.17) is 33.3 Å². The third kappa shape index (κ3) is 4.96. The number of benzene rings is 3. The lowest BCUT2D eigenvalue weighted by Gasteiger charge is -2.05. The Labute approximate surface area is 193 Å². The van der Waals surface area contributed by atoms with Crippen LogP contribution in [0.3, 0.4) is 0 Å². The van der Waals surface area contributed by atoms with E-state index in [1.807, 2.05) is 25.4 Å². The van der Waals surface area contributed by atoms with Gasteiger partial charge in [-0.3, -0.25) is 0 Å². The molecule has 7 heteroatoms. The number of rotatable bonds is 4. The van der Waals surface area contributed by atoms with Gasteiger partial charge in [0, 0.05) is 16.0 Å². The summed E-state index contributed by atoms with van der Waals surface area (Å²) in [7, 11) is 0. The zero-order valence-electron chi connectivity index (χ0n) is 16.8. The summed E-state index contributed by atoms with van der Waals surface area (Å²) in [5.41, 5.74) is 5.51. The SMILES string of the molecule is Cc1ccc(C)c(C=Nn2c(-c3ccc(F)cc3)csc2=Nc2ccc(Cl)cc2Cl)c1. The van der Waals surface area contributed by atoms with E-state index in [0.717, 1.165) is 27.9 Å². The molecular formula is C24H18Cl2FN3S. The summed E-state index contributed by atoms with van der Waals surface area (Å²) in [4.78, 5) is 5.33. The lowest BCUT2D eigenvalue weighted by atomic mass is 10.1. The monoisotopic (exact) mass is 469 g/mol.